The Morgan fingerprint density at radius 1 is 1.25 bits per heavy atom. The lowest BCUT2D eigenvalue weighted by Gasteiger charge is -2.35. The molecule has 0 aromatic heterocycles. The SMILES string of the molecule is CC(C(=O)c1ccc(F)c(F)c1)N1CCN(C)C(=O)C1. The number of ketones is 1. The molecule has 0 spiro atoms. The number of carbonyl (C=O) groups is 2. The fourth-order valence-corrected chi connectivity index (χ4v) is 2.16. The Bertz CT molecular complexity index is 548. The molecule has 0 bridgehead atoms. The van der Waals surface area contributed by atoms with E-state index >= 15 is 0 Å². The first-order valence-electron chi connectivity index (χ1n) is 6.37. The summed E-state index contributed by atoms with van der Waals surface area (Å²) in [6.07, 6.45) is 0. The maximum absolute atomic E-state index is 13.2. The number of hydrogen-bond acceptors (Lipinski definition) is 3. The summed E-state index contributed by atoms with van der Waals surface area (Å²) in [6, 6.07) is 2.54. The number of likely N-dealkylation sites (N-methyl/N-ethyl adjacent to an activating group) is 1. The van der Waals surface area contributed by atoms with E-state index < -0.39 is 17.7 Å². The Hall–Kier alpha value is -1.82. The van der Waals surface area contributed by atoms with E-state index in [-0.39, 0.29) is 23.8 Å². The van der Waals surface area contributed by atoms with Gasteiger partial charge < -0.3 is 4.90 Å². The van der Waals surface area contributed by atoms with Gasteiger partial charge in [-0.15, -0.1) is 0 Å². The van der Waals surface area contributed by atoms with Crippen LogP contribution in [0, 0.1) is 11.6 Å². The average molecular weight is 282 g/mol. The third-order valence-corrected chi connectivity index (χ3v) is 3.62. The first-order valence-corrected chi connectivity index (χ1v) is 6.37. The molecule has 1 aromatic carbocycles. The van der Waals surface area contributed by atoms with Crippen LogP contribution in [-0.2, 0) is 4.79 Å². The summed E-state index contributed by atoms with van der Waals surface area (Å²) in [5.74, 6) is -2.40. The Morgan fingerprint density at radius 3 is 2.55 bits per heavy atom. The van der Waals surface area contributed by atoms with E-state index in [1.807, 2.05) is 0 Å². The average Bonchev–Trinajstić information content (AvgIpc) is 2.43. The van der Waals surface area contributed by atoms with Crippen molar-refractivity contribution in [2.45, 2.75) is 13.0 Å². The zero-order valence-corrected chi connectivity index (χ0v) is 11.4. The fourth-order valence-electron chi connectivity index (χ4n) is 2.16. The van der Waals surface area contributed by atoms with Gasteiger partial charge in [-0.1, -0.05) is 0 Å². The number of hydrogen-bond donors (Lipinski definition) is 0. The van der Waals surface area contributed by atoms with Crippen LogP contribution in [0.3, 0.4) is 0 Å². The fraction of sp³-hybridized carbons (Fsp3) is 0.429. The van der Waals surface area contributed by atoms with Gasteiger partial charge in [0.2, 0.25) is 5.91 Å². The maximum Gasteiger partial charge on any atom is 0.236 e. The van der Waals surface area contributed by atoms with Crippen LogP contribution in [0.25, 0.3) is 0 Å². The number of benzene rings is 1. The Labute approximate surface area is 116 Å². The molecular weight excluding hydrogens is 266 g/mol. The smallest absolute Gasteiger partial charge is 0.236 e. The lowest BCUT2D eigenvalue weighted by atomic mass is 10.0. The van der Waals surface area contributed by atoms with Crippen molar-refractivity contribution < 1.29 is 18.4 Å². The van der Waals surface area contributed by atoms with E-state index in [9.17, 15) is 18.4 Å². The van der Waals surface area contributed by atoms with Crippen LogP contribution in [0.15, 0.2) is 18.2 Å². The monoisotopic (exact) mass is 282 g/mol. The summed E-state index contributed by atoms with van der Waals surface area (Å²) in [4.78, 5) is 27.2. The highest BCUT2D eigenvalue weighted by Crippen LogP contribution is 2.14. The Morgan fingerprint density at radius 2 is 1.95 bits per heavy atom. The normalized spacial score (nSPS) is 18.2. The molecule has 0 N–H and O–H groups in total. The quantitative estimate of drug-likeness (QED) is 0.785. The molecule has 108 valence electrons. The van der Waals surface area contributed by atoms with Crippen LogP contribution >= 0.6 is 0 Å². The molecule has 0 saturated carbocycles. The molecule has 1 amide bonds. The van der Waals surface area contributed by atoms with Crippen molar-refractivity contribution in [3.8, 4) is 0 Å². The van der Waals surface area contributed by atoms with Gasteiger partial charge in [-0.3, -0.25) is 14.5 Å². The van der Waals surface area contributed by atoms with Gasteiger partial charge >= 0.3 is 0 Å². The molecule has 1 aliphatic rings. The topological polar surface area (TPSA) is 40.6 Å². The molecule has 1 saturated heterocycles. The highest BCUT2D eigenvalue weighted by molar-refractivity contribution is 6.00. The summed E-state index contributed by atoms with van der Waals surface area (Å²) in [5.41, 5.74) is 0.114. The third kappa shape index (κ3) is 2.85. The first-order chi connectivity index (χ1) is 9.40. The van der Waals surface area contributed by atoms with Crippen LogP contribution in [0.4, 0.5) is 8.78 Å². The zero-order chi connectivity index (χ0) is 14.9. The molecule has 1 aromatic rings. The second-order valence-electron chi connectivity index (χ2n) is 4.95. The summed E-state index contributed by atoms with van der Waals surface area (Å²) in [7, 11) is 1.71. The van der Waals surface area contributed by atoms with Crippen molar-refractivity contribution in [2.75, 3.05) is 26.7 Å². The molecule has 6 heteroatoms. The van der Waals surface area contributed by atoms with Crippen molar-refractivity contribution >= 4 is 11.7 Å². The van der Waals surface area contributed by atoms with Crippen molar-refractivity contribution in [3.05, 3.63) is 35.4 Å². The van der Waals surface area contributed by atoms with E-state index in [1.54, 1.807) is 23.8 Å². The number of halogens is 2. The highest BCUT2D eigenvalue weighted by Gasteiger charge is 2.29. The summed E-state index contributed by atoms with van der Waals surface area (Å²) in [5, 5.41) is 0. The van der Waals surface area contributed by atoms with E-state index in [2.05, 4.69) is 0 Å². The van der Waals surface area contributed by atoms with Crippen LogP contribution in [0.2, 0.25) is 0 Å². The van der Waals surface area contributed by atoms with Crippen LogP contribution < -0.4 is 0 Å². The minimum Gasteiger partial charge on any atom is -0.343 e. The van der Waals surface area contributed by atoms with Gasteiger partial charge in [0.1, 0.15) is 0 Å². The van der Waals surface area contributed by atoms with Gasteiger partial charge in [0.05, 0.1) is 12.6 Å². The lowest BCUT2D eigenvalue weighted by molar-refractivity contribution is -0.134. The van der Waals surface area contributed by atoms with Crippen molar-refractivity contribution in [1.82, 2.24) is 9.80 Å². The molecular formula is C14H16F2N2O2. The van der Waals surface area contributed by atoms with Gasteiger partial charge in [0.25, 0.3) is 0 Å². The largest absolute Gasteiger partial charge is 0.343 e. The second kappa shape index (κ2) is 5.66. The first kappa shape index (κ1) is 14.6. The molecule has 1 heterocycles. The third-order valence-electron chi connectivity index (χ3n) is 3.62. The molecule has 1 fully saturated rings. The second-order valence-corrected chi connectivity index (χ2v) is 4.95. The summed E-state index contributed by atoms with van der Waals surface area (Å²) < 4.78 is 26.0. The molecule has 1 unspecified atom stereocenters. The molecule has 0 aliphatic carbocycles. The number of amides is 1. The molecule has 1 aliphatic heterocycles. The standard InChI is InChI=1S/C14H16F2N2O2/c1-9(18-6-5-17(2)13(19)8-18)14(20)10-3-4-11(15)12(16)7-10/h3-4,7,9H,5-6,8H2,1-2H3. The lowest BCUT2D eigenvalue weighted by Crippen LogP contribution is -2.53. The molecule has 1 atom stereocenters. The number of piperazine rings is 1. The summed E-state index contributed by atoms with van der Waals surface area (Å²) >= 11 is 0. The predicted octanol–water partition coefficient (Wildman–Crippen LogP) is 1.31. The van der Waals surface area contributed by atoms with Gasteiger partial charge in [-0.05, 0) is 25.1 Å². The number of rotatable bonds is 3. The van der Waals surface area contributed by atoms with E-state index in [0.717, 1.165) is 12.1 Å². The molecule has 4 nitrogen and oxygen atoms in total. The van der Waals surface area contributed by atoms with Gasteiger partial charge in [-0.25, -0.2) is 8.78 Å². The van der Waals surface area contributed by atoms with Crippen LogP contribution in [0.1, 0.15) is 17.3 Å². The van der Waals surface area contributed by atoms with E-state index in [1.165, 1.54) is 6.07 Å². The molecule has 20 heavy (non-hydrogen) atoms. The van der Waals surface area contributed by atoms with Crippen LogP contribution in [-0.4, -0.2) is 54.2 Å². The minimum absolute atomic E-state index is 0.0545. The van der Waals surface area contributed by atoms with E-state index in [0.29, 0.717) is 13.1 Å². The minimum atomic E-state index is -1.04. The molecule has 2 rings (SSSR count). The van der Waals surface area contributed by atoms with Crippen molar-refractivity contribution in [3.63, 3.8) is 0 Å². The Kier molecular flexibility index (Phi) is 4.13. The summed E-state index contributed by atoms with van der Waals surface area (Å²) in [6.45, 7) is 2.96. The van der Waals surface area contributed by atoms with Gasteiger partial charge in [-0.2, -0.15) is 0 Å². The van der Waals surface area contributed by atoms with Crippen molar-refractivity contribution in [1.29, 1.82) is 0 Å². The number of nitrogens with zero attached hydrogens (tertiary/aromatic N) is 2. The zero-order valence-electron chi connectivity index (χ0n) is 11.4. The van der Waals surface area contributed by atoms with Crippen molar-refractivity contribution in [2.24, 2.45) is 0 Å². The van der Waals surface area contributed by atoms with Gasteiger partial charge in [0.15, 0.2) is 17.4 Å². The van der Waals surface area contributed by atoms with Crippen LogP contribution in [0.5, 0.6) is 0 Å². The molecule has 0 radical (unpaired) electrons. The predicted molar refractivity (Wildman–Crippen MR) is 69.4 cm³/mol. The van der Waals surface area contributed by atoms with E-state index in [4.69, 9.17) is 0 Å². The highest BCUT2D eigenvalue weighted by atomic mass is 19.2. The number of carbonyl (C=O) groups excluding carboxylic acids is 2. The van der Waals surface area contributed by atoms with Gasteiger partial charge in [0, 0.05) is 25.7 Å². The number of Topliss-reactive ketones (excluding diaryl/α,β-unsaturated/α-hetero) is 1. The maximum atomic E-state index is 13.2. The Balaban J connectivity index is 2.12.